The van der Waals surface area contributed by atoms with Gasteiger partial charge in [-0.25, -0.2) is 0 Å². The number of carbonyl (C=O) groups excluding carboxylic acids is 2. The number of nitrogens with zero attached hydrogens (tertiary/aromatic N) is 1. The normalized spacial score (nSPS) is 14.9. The number of rotatable bonds is 5. The molecule has 0 aromatic heterocycles. The van der Waals surface area contributed by atoms with Gasteiger partial charge in [0, 0.05) is 18.9 Å². The number of amides is 2. The third-order valence-corrected chi connectivity index (χ3v) is 2.84. The van der Waals surface area contributed by atoms with E-state index in [2.05, 4.69) is 0 Å². The summed E-state index contributed by atoms with van der Waals surface area (Å²) in [5.41, 5.74) is 0.541. The second-order valence-corrected chi connectivity index (χ2v) is 4.12. The van der Waals surface area contributed by atoms with Gasteiger partial charge in [-0.3, -0.25) is 14.5 Å². The van der Waals surface area contributed by atoms with Crippen LogP contribution in [-0.4, -0.2) is 25.0 Å². The summed E-state index contributed by atoms with van der Waals surface area (Å²) < 4.78 is 10.9. The van der Waals surface area contributed by atoms with E-state index in [1.54, 1.807) is 18.2 Å². The van der Waals surface area contributed by atoms with Gasteiger partial charge in [0.05, 0.1) is 18.9 Å². The lowest BCUT2D eigenvalue weighted by atomic mass is 10.2. The van der Waals surface area contributed by atoms with Crippen molar-refractivity contribution in [3.05, 3.63) is 18.2 Å². The van der Waals surface area contributed by atoms with E-state index in [9.17, 15) is 9.59 Å². The minimum atomic E-state index is -0.170. The van der Waals surface area contributed by atoms with Crippen LogP contribution in [0.3, 0.4) is 0 Å². The van der Waals surface area contributed by atoms with Crippen LogP contribution in [0, 0.1) is 0 Å². The highest BCUT2D eigenvalue weighted by atomic mass is 16.5. The largest absolute Gasteiger partial charge is 0.490 e. The maximum atomic E-state index is 11.7. The summed E-state index contributed by atoms with van der Waals surface area (Å²) in [5.74, 6) is 0.828. The Balaban J connectivity index is 2.34. The lowest BCUT2D eigenvalue weighted by Gasteiger charge is -2.17. The fraction of sp³-hybridized carbons (Fsp3) is 0.429. The standard InChI is InChI=1S/C14H17NO4/c1-3-18-11-6-5-10(9-12(11)19-4-2)15-13(16)7-8-14(15)17/h5-6,9H,3-4,7-8H2,1-2H3. The molecule has 1 fully saturated rings. The van der Waals surface area contributed by atoms with E-state index in [4.69, 9.17) is 9.47 Å². The van der Waals surface area contributed by atoms with Crippen molar-refractivity contribution in [2.45, 2.75) is 26.7 Å². The first-order valence-corrected chi connectivity index (χ1v) is 6.42. The first-order valence-electron chi connectivity index (χ1n) is 6.42. The molecule has 0 atom stereocenters. The number of carbonyl (C=O) groups is 2. The third-order valence-electron chi connectivity index (χ3n) is 2.84. The summed E-state index contributed by atoms with van der Waals surface area (Å²) in [5, 5.41) is 0. The molecule has 102 valence electrons. The molecule has 5 heteroatoms. The Kier molecular flexibility index (Phi) is 4.04. The summed E-state index contributed by atoms with van der Waals surface area (Å²) >= 11 is 0. The first kappa shape index (κ1) is 13.4. The molecule has 1 aliphatic rings. The first-order chi connectivity index (χ1) is 9.17. The van der Waals surface area contributed by atoms with Gasteiger partial charge in [0.1, 0.15) is 0 Å². The summed E-state index contributed by atoms with van der Waals surface area (Å²) in [7, 11) is 0. The summed E-state index contributed by atoms with van der Waals surface area (Å²) in [4.78, 5) is 24.6. The molecule has 0 aliphatic carbocycles. The second-order valence-electron chi connectivity index (χ2n) is 4.12. The number of imide groups is 1. The van der Waals surface area contributed by atoms with E-state index in [0.717, 1.165) is 0 Å². The zero-order valence-electron chi connectivity index (χ0n) is 11.1. The minimum Gasteiger partial charge on any atom is -0.490 e. The van der Waals surface area contributed by atoms with Crippen molar-refractivity contribution in [1.82, 2.24) is 0 Å². The molecule has 0 bridgehead atoms. The van der Waals surface area contributed by atoms with Gasteiger partial charge in [-0.05, 0) is 26.0 Å². The van der Waals surface area contributed by atoms with Crippen molar-refractivity contribution >= 4 is 17.5 Å². The molecule has 0 saturated carbocycles. The van der Waals surface area contributed by atoms with Crippen molar-refractivity contribution in [3.63, 3.8) is 0 Å². The molecule has 2 rings (SSSR count). The van der Waals surface area contributed by atoms with E-state index in [-0.39, 0.29) is 24.7 Å². The number of benzene rings is 1. The highest BCUT2D eigenvalue weighted by Gasteiger charge is 2.30. The second kappa shape index (κ2) is 5.73. The smallest absolute Gasteiger partial charge is 0.234 e. The third kappa shape index (κ3) is 2.70. The van der Waals surface area contributed by atoms with Crippen LogP contribution in [0.5, 0.6) is 11.5 Å². The molecule has 5 nitrogen and oxygen atoms in total. The Hall–Kier alpha value is -2.04. The zero-order chi connectivity index (χ0) is 13.8. The van der Waals surface area contributed by atoms with Crippen LogP contribution >= 0.6 is 0 Å². The molecule has 0 unspecified atom stereocenters. The highest BCUT2D eigenvalue weighted by Crippen LogP contribution is 2.33. The maximum Gasteiger partial charge on any atom is 0.234 e. The molecule has 1 aliphatic heterocycles. The molecule has 1 aromatic rings. The topological polar surface area (TPSA) is 55.8 Å². The summed E-state index contributed by atoms with van der Waals surface area (Å²) in [6.45, 7) is 4.78. The molecule has 0 N–H and O–H groups in total. The number of hydrogen-bond acceptors (Lipinski definition) is 4. The Morgan fingerprint density at radius 3 is 2.16 bits per heavy atom. The monoisotopic (exact) mass is 263 g/mol. The Labute approximate surface area is 112 Å². The number of anilines is 1. The van der Waals surface area contributed by atoms with Crippen LogP contribution in [-0.2, 0) is 9.59 Å². The number of hydrogen-bond donors (Lipinski definition) is 0. The van der Waals surface area contributed by atoms with Crippen molar-refractivity contribution in [1.29, 1.82) is 0 Å². The highest BCUT2D eigenvalue weighted by molar-refractivity contribution is 6.19. The average molecular weight is 263 g/mol. The molecular weight excluding hydrogens is 246 g/mol. The lowest BCUT2D eigenvalue weighted by molar-refractivity contribution is -0.121. The van der Waals surface area contributed by atoms with Gasteiger partial charge in [0.15, 0.2) is 11.5 Å². The van der Waals surface area contributed by atoms with Gasteiger partial charge >= 0.3 is 0 Å². The summed E-state index contributed by atoms with van der Waals surface area (Å²) in [6, 6.07) is 5.10. The van der Waals surface area contributed by atoms with E-state index in [1.165, 1.54) is 4.90 Å². The van der Waals surface area contributed by atoms with Crippen molar-refractivity contribution in [3.8, 4) is 11.5 Å². The summed E-state index contributed by atoms with van der Waals surface area (Å²) in [6.07, 6.45) is 0.548. The van der Waals surface area contributed by atoms with Gasteiger partial charge in [-0.15, -0.1) is 0 Å². The van der Waals surface area contributed by atoms with Crippen LogP contribution in [0.1, 0.15) is 26.7 Å². The van der Waals surface area contributed by atoms with Crippen LogP contribution in [0.25, 0.3) is 0 Å². The van der Waals surface area contributed by atoms with Crippen LogP contribution in [0.15, 0.2) is 18.2 Å². The Bertz CT molecular complexity index is 482. The molecule has 19 heavy (non-hydrogen) atoms. The maximum absolute atomic E-state index is 11.7. The molecule has 2 amide bonds. The SMILES string of the molecule is CCOc1ccc(N2C(=O)CCC2=O)cc1OCC. The molecule has 1 aromatic carbocycles. The lowest BCUT2D eigenvalue weighted by Crippen LogP contribution is -2.28. The van der Waals surface area contributed by atoms with E-state index >= 15 is 0 Å². The quantitative estimate of drug-likeness (QED) is 0.764. The molecule has 1 saturated heterocycles. The van der Waals surface area contributed by atoms with Gasteiger partial charge < -0.3 is 9.47 Å². The van der Waals surface area contributed by atoms with Gasteiger partial charge in [0.25, 0.3) is 0 Å². The zero-order valence-corrected chi connectivity index (χ0v) is 11.1. The predicted molar refractivity (Wildman–Crippen MR) is 70.5 cm³/mol. The fourth-order valence-electron chi connectivity index (χ4n) is 2.04. The fourth-order valence-corrected chi connectivity index (χ4v) is 2.04. The van der Waals surface area contributed by atoms with Crippen molar-refractivity contribution < 1.29 is 19.1 Å². The van der Waals surface area contributed by atoms with E-state index in [0.29, 0.717) is 30.4 Å². The van der Waals surface area contributed by atoms with Gasteiger partial charge in [-0.1, -0.05) is 0 Å². The Morgan fingerprint density at radius 1 is 1.00 bits per heavy atom. The predicted octanol–water partition coefficient (Wildman–Crippen LogP) is 2.14. The van der Waals surface area contributed by atoms with Crippen molar-refractivity contribution in [2.75, 3.05) is 18.1 Å². The minimum absolute atomic E-state index is 0.170. The van der Waals surface area contributed by atoms with Crippen LogP contribution < -0.4 is 14.4 Å². The number of ether oxygens (including phenoxy) is 2. The van der Waals surface area contributed by atoms with E-state index < -0.39 is 0 Å². The average Bonchev–Trinajstić information content (AvgIpc) is 2.72. The Morgan fingerprint density at radius 2 is 1.58 bits per heavy atom. The van der Waals surface area contributed by atoms with Gasteiger partial charge in [-0.2, -0.15) is 0 Å². The van der Waals surface area contributed by atoms with Crippen LogP contribution in [0.4, 0.5) is 5.69 Å². The van der Waals surface area contributed by atoms with Crippen molar-refractivity contribution in [2.24, 2.45) is 0 Å². The molecule has 1 heterocycles. The van der Waals surface area contributed by atoms with Crippen LogP contribution in [0.2, 0.25) is 0 Å². The molecular formula is C14H17NO4. The van der Waals surface area contributed by atoms with Gasteiger partial charge in [0.2, 0.25) is 11.8 Å². The molecule has 0 spiro atoms. The molecule has 0 radical (unpaired) electrons. The van der Waals surface area contributed by atoms with E-state index in [1.807, 2.05) is 13.8 Å².